The zero-order valence-corrected chi connectivity index (χ0v) is 13.0. The summed E-state index contributed by atoms with van der Waals surface area (Å²) in [6.45, 7) is -0.0173. The number of alkyl halides is 1. The average Bonchev–Trinajstić information content (AvgIpc) is 2.48. The van der Waals surface area contributed by atoms with E-state index in [1.807, 2.05) is 0 Å². The molecule has 0 saturated heterocycles. The van der Waals surface area contributed by atoms with Gasteiger partial charge in [-0.15, -0.1) is 0 Å². The molecule has 2 aromatic rings. The van der Waals surface area contributed by atoms with Crippen LogP contribution in [0.25, 0.3) is 0 Å². The third-order valence-corrected chi connectivity index (χ3v) is 3.81. The molecular formula is C16H13Cl2F2NO. The summed E-state index contributed by atoms with van der Waals surface area (Å²) in [6.07, 6.45) is -0.965. The number of carbonyl (C=O) groups excluding carboxylic acids is 1. The normalized spacial score (nSPS) is 12.0. The first-order valence-electron chi connectivity index (χ1n) is 6.53. The molecule has 0 aromatic heterocycles. The highest BCUT2D eigenvalue weighted by Crippen LogP contribution is 2.33. The van der Waals surface area contributed by atoms with Gasteiger partial charge in [-0.2, -0.15) is 0 Å². The van der Waals surface area contributed by atoms with Crippen LogP contribution in [0.2, 0.25) is 10.0 Å². The van der Waals surface area contributed by atoms with E-state index in [1.165, 1.54) is 17.0 Å². The molecule has 116 valence electrons. The Kier molecular flexibility index (Phi) is 5.75. The lowest BCUT2D eigenvalue weighted by Gasteiger charge is -2.21. The molecule has 1 unspecified atom stereocenters. The number of hydrogen-bond acceptors (Lipinski definition) is 1. The van der Waals surface area contributed by atoms with Crippen LogP contribution >= 0.6 is 23.2 Å². The van der Waals surface area contributed by atoms with Gasteiger partial charge in [0, 0.05) is 22.2 Å². The molecule has 0 heterocycles. The molecule has 2 rings (SSSR count). The Morgan fingerprint density at radius 1 is 1.09 bits per heavy atom. The Morgan fingerprint density at radius 2 is 1.68 bits per heavy atom. The first kappa shape index (κ1) is 16.7. The summed E-state index contributed by atoms with van der Waals surface area (Å²) in [6, 6.07) is 10.4. The molecule has 2 aromatic carbocycles. The summed E-state index contributed by atoms with van der Waals surface area (Å²) in [5, 5.41) is 0.431. The number of nitrogens with zero attached hydrogens (tertiary/aromatic N) is 1. The molecule has 0 bridgehead atoms. The summed E-state index contributed by atoms with van der Waals surface area (Å²) in [5.74, 6) is -0.368. The number of hydrogen-bond donors (Lipinski definition) is 0. The molecule has 0 aliphatic carbocycles. The minimum Gasteiger partial charge on any atom is -0.338 e. The van der Waals surface area contributed by atoms with Gasteiger partial charge in [0.1, 0.15) is 12.0 Å². The third-order valence-electron chi connectivity index (χ3n) is 3.16. The first-order valence-corrected chi connectivity index (χ1v) is 7.28. The minimum atomic E-state index is -1.51. The Balaban J connectivity index is 2.09. The fraction of sp³-hybridized carbons (Fsp3) is 0.188. The molecule has 0 spiro atoms. The van der Waals surface area contributed by atoms with Crippen LogP contribution in [-0.4, -0.2) is 17.9 Å². The van der Waals surface area contributed by atoms with Crippen LogP contribution in [0.1, 0.15) is 17.3 Å². The molecule has 1 atom stereocenters. The van der Waals surface area contributed by atoms with E-state index < -0.39 is 6.17 Å². The van der Waals surface area contributed by atoms with Crippen molar-refractivity contribution in [3.63, 3.8) is 0 Å². The summed E-state index contributed by atoms with van der Waals surface area (Å²) in [5.41, 5.74) is 0.864. The quantitative estimate of drug-likeness (QED) is 0.689. The van der Waals surface area contributed by atoms with Gasteiger partial charge in [0.05, 0.1) is 6.54 Å². The smallest absolute Gasteiger partial charge is 0.210 e. The summed E-state index contributed by atoms with van der Waals surface area (Å²) < 4.78 is 27.3. The van der Waals surface area contributed by atoms with Gasteiger partial charge in [0.25, 0.3) is 0 Å². The fourth-order valence-corrected chi connectivity index (χ4v) is 2.71. The van der Waals surface area contributed by atoms with E-state index in [2.05, 4.69) is 0 Å². The molecule has 0 N–H and O–H groups in total. The highest BCUT2D eigenvalue weighted by atomic mass is 35.5. The van der Waals surface area contributed by atoms with Crippen LogP contribution in [0.15, 0.2) is 42.5 Å². The van der Waals surface area contributed by atoms with Gasteiger partial charge >= 0.3 is 0 Å². The summed E-state index contributed by atoms with van der Waals surface area (Å²) in [4.78, 5) is 12.4. The predicted molar refractivity (Wildman–Crippen MR) is 83.2 cm³/mol. The lowest BCUT2D eigenvalue weighted by atomic mass is 10.1. The summed E-state index contributed by atoms with van der Waals surface area (Å²) >= 11 is 11.9. The SMILES string of the molecule is O=CN(Cc1ccc(F)cc1)CC(F)c1c(Cl)cccc1Cl. The van der Waals surface area contributed by atoms with Crippen molar-refractivity contribution in [2.24, 2.45) is 0 Å². The molecule has 2 nitrogen and oxygen atoms in total. The zero-order valence-electron chi connectivity index (χ0n) is 11.5. The Hall–Kier alpha value is -1.65. The number of amides is 1. The van der Waals surface area contributed by atoms with Crippen molar-refractivity contribution in [1.82, 2.24) is 4.90 Å². The molecule has 22 heavy (non-hydrogen) atoms. The Labute approximate surface area is 137 Å². The van der Waals surface area contributed by atoms with Gasteiger partial charge in [-0.3, -0.25) is 4.79 Å². The molecule has 0 radical (unpaired) electrons. The minimum absolute atomic E-state index is 0.164. The molecule has 0 saturated carbocycles. The molecule has 0 aliphatic rings. The van der Waals surface area contributed by atoms with E-state index in [0.717, 1.165) is 0 Å². The maximum atomic E-state index is 14.4. The van der Waals surface area contributed by atoms with Crippen molar-refractivity contribution in [2.45, 2.75) is 12.7 Å². The Morgan fingerprint density at radius 3 is 2.23 bits per heavy atom. The topological polar surface area (TPSA) is 20.3 Å². The van der Waals surface area contributed by atoms with E-state index in [0.29, 0.717) is 12.0 Å². The largest absolute Gasteiger partial charge is 0.338 e. The van der Waals surface area contributed by atoms with E-state index in [-0.39, 0.29) is 34.5 Å². The van der Waals surface area contributed by atoms with Gasteiger partial charge in [-0.1, -0.05) is 41.4 Å². The van der Waals surface area contributed by atoms with E-state index in [9.17, 15) is 13.6 Å². The van der Waals surface area contributed by atoms with Crippen molar-refractivity contribution in [2.75, 3.05) is 6.54 Å². The highest BCUT2D eigenvalue weighted by molar-refractivity contribution is 6.36. The van der Waals surface area contributed by atoms with Crippen molar-refractivity contribution in [1.29, 1.82) is 0 Å². The molecule has 6 heteroatoms. The highest BCUT2D eigenvalue weighted by Gasteiger charge is 2.20. The van der Waals surface area contributed by atoms with Gasteiger partial charge in [0.2, 0.25) is 6.41 Å². The van der Waals surface area contributed by atoms with Crippen LogP contribution in [-0.2, 0) is 11.3 Å². The predicted octanol–water partition coefficient (Wildman–Crippen LogP) is 4.80. The molecule has 0 fully saturated rings. The van der Waals surface area contributed by atoms with Crippen LogP contribution in [0.5, 0.6) is 0 Å². The van der Waals surface area contributed by atoms with Crippen molar-refractivity contribution < 1.29 is 13.6 Å². The van der Waals surface area contributed by atoms with E-state index in [1.54, 1.807) is 30.3 Å². The van der Waals surface area contributed by atoms with Gasteiger partial charge in [-0.25, -0.2) is 8.78 Å². The van der Waals surface area contributed by atoms with Gasteiger partial charge < -0.3 is 4.90 Å². The lowest BCUT2D eigenvalue weighted by molar-refractivity contribution is -0.119. The Bertz CT molecular complexity index is 629. The van der Waals surface area contributed by atoms with Crippen LogP contribution < -0.4 is 0 Å². The average molecular weight is 344 g/mol. The van der Waals surface area contributed by atoms with E-state index >= 15 is 0 Å². The number of carbonyl (C=O) groups is 1. The number of rotatable bonds is 6. The fourth-order valence-electron chi connectivity index (χ4n) is 2.08. The standard InChI is InChI=1S/C16H13Cl2F2NO/c17-13-2-1-3-14(18)16(13)15(20)9-21(10-22)8-11-4-6-12(19)7-5-11/h1-7,10,15H,8-9H2. The zero-order chi connectivity index (χ0) is 16.1. The maximum Gasteiger partial charge on any atom is 0.210 e. The molecule has 0 aliphatic heterocycles. The van der Waals surface area contributed by atoms with Crippen LogP contribution in [0, 0.1) is 5.82 Å². The monoisotopic (exact) mass is 343 g/mol. The second-order valence-electron chi connectivity index (χ2n) is 4.76. The van der Waals surface area contributed by atoms with Crippen molar-refractivity contribution >= 4 is 29.6 Å². The second-order valence-corrected chi connectivity index (χ2v) is 5.58. The molecule has 1 amide bonds. The van der Waals surface area contributed by atoms with Gasteiger partial charge in [-0.05, 0) is 29.8 Å². The van der Waals surface area contributed by atoms with E-state index in [4.69, 9.17) is 23.2 Å². The lowest BCUT2D eigenvalue weighted by Crippen LogP contribution is -2.25. The van der Waals surface area contributed by atoms with Crippen LogP contribution in [0.4, 0.5) is 8.78 Å². The number of benzene rings is 2. The summed E-state index contributed by atoms with van der Waals surface area (Å²) in [7, 11) is 0. The molecular weight excluding hydrogens is 331 g/mol. The second kappa shape index (κ2) is 7.56. The third kappa shape index (κ3) is 4.18. The number of halogens is 4. The van der Waals surface area contributed by atoms with Crippen LogP contribution in [0.3, 0.4) is 0 Å². The maximum absolute atomic E-state index is 14.4. The van der Waals surface area contributed by atoms with Gasteiger partial charge in [0.15, 0.2) is 0 Å². The van der Waals surface area contributed by atoms with Crippen molar-refractivity contribution in [3.05, 3.63) is 69.5 Å². The first-order chi connectivity index (χ1) is 10.5. The van der Waals surface area contributed by atoms with Crippen molar-refractivity contribution in [3.8, 4) is 0 Å².